The smallest absolute Gasteiger partial charge is 0.345 e. The quantitative estimate of drug-likeness (QED) is 0.415. The van der Waals surface area contributed by atoms with Crippen molar-refractivity contribution in [1.82, 2.24) is 0 Å². The summed E-state index contributed by atoms with van der Waals surface area (Å²) in [5.41, 5.74) is 0.417. The minimum absolute atomic E-state index is 0.0210. The minimum Gasteiger partial charge on any atom is -0.459 e. The first kappa shape index (κ1) is 20.4. The Hall–Kier alpha value is -1.93. The summed E-state index contributed by atoms with van der Waals surface area (Å²) in [7, 11) is 0. The molecule has 0 atom stereocenters. The van der Waals surface area contributed by atoms with Crippen LogP contribution in [0.25, 0.3) is 6.08 Å². The van der Waals surface area contributed by atoms with Gasteiger partial charge in [-0.2, -0.15) is 0 Å². The van der Waals surface area contributed by atoms with Gasteiger partial charge in [0.05, 0.1) is 39.6 Å². The molecule has 1 saturated heterocycles. The van der Waals surface area contributed by atoms with Gasteiger partial charge in [0, 0.05) is 5.02 Å². The fourth-order valence-corrected chi connectivity index (χ4v) is 2.14. The number of halogens is 1. The van der Waals surface area contributed by atoms with Crippen LogP contribution in [-0.2, 0) is 33.3 Å². The van der Waals surface area contributed by atoms with Crippen molar-refractivity contribution < 1.29 is 33.3 Å². The van der Waals surface area contributed by atoms with E-state index < -0.39 is 11.9 Å². The number of esters is 2. The van der Waals surface area contributed by atoms with E-state index in [0.29, 0.717) is 37.0 Å². The average molecular weight is 385 g/mol. The van der Waals surface area contributed by atoms with Crippen molar-refractivity contribution in [3.05, 3.63) is 40.4 Å². The van der Waals surface area contributed by atoms with Crippen molar-refractivity contribution >= 4 is 29.6 Å². The van der Waals surface area contributed by atoms with Gasteiger partial charge >= 0.3 is 11.9 Å². The Bertz CT molecular complexity index is 584. The van der Waals surface area contributed by atoms with Gasteiger partial charge in [-0.3, -0.25) is 0 Å². The van der Waals surface area contributed by atoms with Crippen LogP contribution in [0.3, 0.4) is 0 Å². The van der Waals surface area contributed by atoms with E-state index in [-0.39, 0.29) is 32.0 Å². The van der Waals surface area contributed by atoms with Crippen molar-refractivity contribution in [3.63, 3.8) is 0 Å². The fraction of sp³-hybridized carbons (Fsp3) is 0.444. The molecule has 1 aliphatic rings. The number of rotatable bonds is 1. The van der Waals surface area contributed by atoms with E-state index in [1.165, 1.54) is 6.08 Å². The van der Waals surface area contributed by atoms with Crippen molar-refractivity contribution in [1.29, 1.82) is 0 Å². The number of benzene rings is 1. The Morgan fingerprint density at radius 1 is 0.692 bits per heavy atom. The molecule has 2 rings (SSSR count). The van der Waals surface area contributed by atoms with Crippen molar-refractivity contribution in [2.75, 3.05) is 52.9 Å². The molecule has 0 amide bonds. The van der Waals surface area contributed by atoms with Gasteiger partial charge in [-0.1, -0.05) is 23.7 Å². The summed E-state index contributed by atoms with van der Waals surface area (Å²) < 4.78 is 26.0. The summed E-state index contributed by atoms with van der Waals surface area (Å²) in [5, 5.41) is 0.550. The summed E-state index contributed by atoms with van der Waals surface area (Å²) >= 11 is 5.85. The summed E-state index contributed by atoms with van der Waals surface area (Å²) in [6, 6.07) is 6.68. The molecule has 0 aliphatic carbocycles. The Morgan fingerprint density at radius 3 is 1.58 bits per heavy atom. The second-order valence-electron chi connectivity index (χ2n) is 5.22. The van der Waals surface area contributed by atoms with Gasteiger partial charge in [0.2, 0.25) is 0 Å². The normalized spacial score (nSPS) is 18.7. The third-order valence-corrected chi connectivity index (χ3v) is 3.54. The number of ether oxygens (including phenoxy) is 5. The molecule has 1 aromatic carbocycles. The molecule has 0 spiro atoms. The molecular weight excluding hydrogens is 364 g/mol. The Kier molecular flexibility index (Phi) is 9.13. The zero-order chi connectivity index (χ0) is 18.6. The molecule has 7 nitrogen and oxygen atoms in total. The SMILES string of the molecule is O=C1OCCOCCOCCOCCOC(=O)C1=Cc1ccc(Cl)cc1. The third-order valence-electron chi connectivity index (χ3n) is 3.29. The van der Waals surface area contributed by atoms with Crippen LogP contribution in [0.15, 0.2) is 29.8 Å². The highest BCUT2D eigenvalue weighted by Gasteiger charge is 2.21. The van der Waals surface area contributed by atoms with Gasteiger partial charge in [-0.25, -0.2) is 9.59 Å². The van der Waals surface area contributed by atoms with Crippen LogP contribution in [0.2, 0.25) is 5.02 Å². The van der Waals surface area contributed by atoms with Gasteiger partial charge < -0.3 is 23.7 Å². The summed E-state index contributed by atoms with van der Waals surface area (Å²) in [4.78, 5) is 24.5. The van der Waals surface area contributed by atoms with Crippen LogP contribution >= 0.6 is 11.6 Å². The number of cyclic esters (lactones) is 2. The number of hydrogen-bond acceptors (Lipinski definition) is 7. The number of carbonyl (C=O) groups excluding carboxylic acids is 2. The number of hydrogen-bond donors (Lipinski definition) is 0. The standard InChI is InChI=1S/C18H21ClO7/c19-15-3-1-14(2-4-15)13-16-17(20)25-11-9-23-7-5-22-6-8-24-10-12-26-18(16)21/h1-4,13H,5-12H2. The first-order chi connectivity index (χ1) is 12.7. The van der Waals surface area contributed by atoms with Crippen LogP contribution in [0.1, 0.15) is 5.56 Å². The topological polar surface area (TPSA) is 80.3 Å². The molecule has 1 fully saturated rings. The lowest BCUT2D eigenvalue weighted by Gasteiger charge is -2.11. The maximum atomic E-state index is 12.3. The fourth-order valence-electron chi connectivity index (χ4n) is 2.01. The van der Waals surface area contributed by atoms with Crippen molar-refractivity contribution in [3.8, 4) is 0 Å². The molecule has 1 aromatic rings. The van der Waals surface area contributed by atoms with E-state index in [9.17, 15) is 9.59 Å². The highest BCUT2D eigenvalue weighted by Crippen LogP contribution is 2.14. The molecule has 1 aliphatic heterocycles. The van der Waals surface area contributed by atoms with Crippen LogP contribution in [0.5, 0.6) is 0 Å². The summed E-state index contributed by atoms with van der Waals surface area (Å²) in [6.07, 6.45) is 1.40. The van der Waals surface area contributed by atoms with Crippen LogP contribution in [-0.4, -0.2) is 64.8 Å². The predicted molar refractivity (Wildman–Crippen MR) is 93.8 cm³/mol. The molecule has 0 bridgehead atoms. The van der Waals surface area contributed by atoms with Gasteiger partial charge in [0.15, 0.2) is 0 Å². The largest absolute Gasteiger partial charge is 0.459 e. The molecule has 26 heavy (non-hydrogen) atoms. The molecule has 0 unspecified atom stereocenters. The Balaban J connectivity index is 2.07. The van der Waals surface area contributed by atoms with E-state index in [0.717, 1.165) is 0 Å². The van der Waals surface area contributed by atoms with Crippen LogP contribution in [0, 0.1) is 0 Å². The molecule has 8 heteroatoms. The maximum Gasteiger partial charge on any atom is 0.345 e. The predicted octanol–water partition coefficient (Wildman–Crippen LogP) is 1.87. The van der Waals surface area contributed by atoms with E-state index in [2.05, 4.69) is 0 Å². The zero-order valence-corrected chi connectivity index (χ0v) is 15.0. The molecule has 1 heterocycles. The van der Waals surface area contributed by atoms with Crippen LogP contribution < -0.4 is 0 Å². The second-order valence-corrected chi connectivity index (χ2v) is 5.65. The monoisotopic (exact) mass is 384 g/mol. The lowest BCUT2D eigenvalue weighted by molar-refractivity contribution is -0.149. The molecule has 0 saturated carbocycles. The lowest BCUT2D eigenvalue weighted by atomic mass is 10.1. The minimum atomic E-state index is -0.780. The van der Waals surface area contributed by atoms with E-state index in [4.69, 9.17) is 35.3 Å². The van der Waals surface area contributed by atoms with Crippen molar-refractivity contribution in [2.24, 2.45) is 0 Å². The Morgan fingerprint density at radius 2 is 1.12 bits per heavy atom. The third kappa shape index (κ3) is 7.53. The van der Waals surface area contributed by atoms with Gasteiger partial charge in [0.1, 0.15) is 18.8 Å². The van der Waals surface area contributed by atoms with E-state index in [1.807, 2.05) is 0 Å². The molecule has 0 aromatic heterocycles. The first-order valence-electron chi connectivity index (χ1n) is 8.21. The lowest BCUT2D eigenvalue weighted by Crippen LogP contribution is -2.22. The maximum absolute atomic E-state index is 12.3. The summed E-state index contributed by atoms with van der Waals surface area (Å²) in [5.74, 6) is -1.56. The molecule has 0 radical (unpaired) electrons. The molecule has 0 N–H and O–H groups in total. The second kappa shape index (κ2) is 11.6. The first-order valence-corrected chi connectivity index (χ1v) is 8.59. The summed E-state index contributed by atoms with van der Waals surface area (Å²) in [6.45, 7) is 2.06. The molecule has 142 valence electrons. The van der Waals surface area contributed by atoms with Gasteiger partial charge in [-0.05, 0) is 23.8 Å². The number of carbonyl (C=O) groups is 2. The van der Waals surface area contributed by atoms with Gasteiger partial charge in [0.25, 0.3) is 0 Å². The highest BCUT2D eigenvalue weighted by molar-refractivity contribution is 6.30. The Labute approximate surface area is 156 Å². The zero-order valence-electron chi connectivity index (χ0n) is 14.3. The van der Waals surface area contributed by atoms with E-state index >= 15 is 0 Å². The molecular formula is C18H21ClO7. The average Bonchev–Trinajstić information content (AvgIpc) is 2.63. The highest BCUT2D eigenvalue weighted by atomic mass is 35.5. The van der Waals surface area contributed by atoms with E-state index in [1.54, 1.807) is 24.3 Å². The van der Waals surface area contributed by atoms with Crippen molar-refractivity contribution in [2.45, 2.75) is 0 Å². The van der Waals surface area contributed by atoms with Crippen LogP contribution in [0.4, 0.5) is 0 Å². The van der Waals surface area contributed by atoms with Gasteiger partial charge in [-0.15, -0.1) is 0 Å².